The Bertz CT molecular complexity index is 846. The Morgan fingerprint density at radius 1 is 0.529 bits per heavy atom. The van der Waals surface area contributed by atoms with E-state index in [9.17, 15) is 0 Å². The fourth-order valence-corrected chi connectivity index (χ4v) is 8.48. The molecule has 0 atom stereocenters. The van der Waals surface area contributed by atoms with Crippen molar-refractivity contribution in [1.29, 1.82) is 0 Å². The zero-order valence-electron chi connectivity index (χ0n) is 19.2. The van der Waals surface area contributed by atoms with Crippen molar-refractivity contribution in [3.8, 4) is 0 Å². The molecule has 0 saturated carbocycles. The van der Waals surface area contributed by atoms with Crippen molar-refractivity contribution in [1.82, 2.24) is 0 Å². The molecule has 0 fully saturated rings. The largest absolute Gasteiger partial charge is 0.674 e. The summed E-state index contributed by atoms with van der Waals surface area (Å²) in [7, 11) is 3.16. The monoisotopic (exact) mass is 596 g/mol. The van der Waals surface area contributed by atoms with Gasteiger partial charge >= 0.3 is 27.0 Å². The van der Waals surface area contributed by atoms with Crippen LogP contribution in [0.3, 0.4) is 0 Å². The number of benzene rings is 4. The second-order valence-corrected chi connectivity index (χ2v) is 12.7. The van der Waals surface area contributed by atoms with Gasteiger partial charge in [0.15, 0.2) is 0 Å². The maximum Gasteiger partial charge on any atom is 0.0966 e. The van der Waals surface area contributed by atoms with E-state index in [1.165, 1.54) is 21.2 Å². The minimum absolute atomic E-state index is 0.512. The zero-order valence-corrected chi connectivity index (χ0v) is 23.7. The van der Waals surface area contributed by atoms with Crippen molar-refractivity contribution in [3.63, 3.8) is 0 Å². The Balaban J connectivity index is 0.000000224. The first-order chi connectivity index (χ1) is 16.8. The number of nitrogens with two attached hydrogens (primary N) is 1. The molecule has 0 aliphatic heterocycles. The van der Waals surface area contributed by atoms with Crippen molar-refractivity contribution < 1.29 is 17.3 Å². The van der Waals surface area contributed by atoms with Crippen molar-refractivity contribution >= 4 is 46.8 Å². The zero-order chi connectivity index (χ0) is 24.4. The van der Waals surface area contributed by atoms with Gasteiger partial charge in [-0.25, -0.2) is 0 Å². The van der Waals surface area contributed by atoms with E-state index in [4.69, 9.17) is 11.5 Å². The summed E-state index contributed by atoms with van der Waals surface area (Å²) < 4.78 is 0. The first kappa shape index (κ1) is 28.8. The van der Waals surface area contributed by atoms with Crippen molar-refractivity contribution in [2.75, 3.05) is 25.4 Å². The molecule has 0 aliphatic carbocycles. The number of nitrogens with one attached hydrogen (secondary N) is 1. The number of halogens is 1. The normalized spacial score (nSPS) is 10.1. The van der Waals surface area contributed by atoms with Crippen LogP contribution in [0.15, 0.2) is 121 Å². The summed E-state index contributed by atoms with van der Waals surface area (Å²) >= 11 is 1.82. The second-order valence-electron chi connectivity index (χ2n) is 7.46. The molecule has 0 radical (unpaired) electrons. The summed E-state index contributed by atoms with van der Waals surface area (Å²) in [5.41, 5.74) is 13.2. The van der Waals surface area contributed by atoms with E-state index in [0.717, 1.165) is 18.9 Å². The molecule has 4 aromatic rings. The van der Waals surface area contributed by atoms with Gasteiger partial charge in [0.05, 0.1) is 43.2 Å². The van der Waals surface area contributed by atoms with E-state index in [2.05, 4.69) is 131 Å². The van der Waals surface area contributed by atoms with Crippen molar-refractivity contribution in [2.24, 2.45) is 5.73 Å². The van der Waals surface area contributed by atoms with Crippen LogP contribution in [0.25, 0.3) is 5.73 Å². The summed E-state index contributed by atoms with van der Waals surface area (Å²) in [4.78, 5) is 0. The fourth-order valence-electron chi connectivity index (χ4n) is 3.74. The van der Waals surface area contributed by atoms with Crippen LogP contribution in [0, 0.1) is 0 Å². The number of rotatable bonds is 8. The predicted octanol–water partition coefficient (Wildman–Crippen LogP) is 5.40. The van der Waals surface area contributed by atoms with E-state index in [0.29, 0.717) is 6.54 Å². The molecule has 34 heavy (non-hydrogen) atoms. The maximum absolute atomic E-state index is 7.46. The molecule has 2 nitrogen and oxygen atoms in total. The molecular formula is C28H33ClN2P2Ru+3. The fraction of sp³-hybridized carbons (Fsp3) is 0.143. The number of hydrogen-bond donors (Lipinski definition) is 1. The average Bonchev–Trinajstić information content (AvgIpc) is 2.94. The summed E-state index contributed by atoms with van der Waals surface area (Å²) in [5, 5.41) is 5.71. The first-order valence-electron chi connectivity index (χ1n) is 11.2. The molecule has 0 spiro atoms. The molecule has 3 N–H and O–H groups in total. The minimum Gasteiger partial charge on any atom is -0.674 e. The van der Waals surface area contributed by atoms with Crippen molar-refractivity contribution in [2.45, 2.75) is 0 Å². The smallest absolute Gasteiger partial charge is 0.0966 e. The van der Waals surface area contributed by atoms with E-state index in [1.54, 1.807) is 0 Å². The Morgan fingerprint density at radius 2 is 0.794 bits per heavy atom. The molecular weight excluding hydrogens is 563 g/mol. The Morgan fingerprint density at radius 3 is 1.03 bits per heavy atom. The van der Waals surface area contributed by atoms with Crippen LogP contribution in [-0.2, 0) is 17.3 Å². The van der Waals surface area contributed by atoms with Gasteiger partial charge in [-0.15, -0.1) is 6.54 Å². The summed E-state index contributed by atoms with van der Waals surface area (Å²) in [6.45, 7) is 1.27. The van der Waals surface area contributed by atoms with Gasteiger partial charge in [-0.1, -0.05) is 72.8 Å². The van der Waals surface area contributed by atoms with Gasteiger partial charge in [-0.2, -0.15) is 0 Å². The Hall–Kier alpha value is -1.43. The Labute approximate surface area is 221 Å². The summed E-state index contributed by atoms with van der Waals surface area (Å²) in [6.07, 6.45) is 2.08. The topological polar surface area (TPSA) is 49.8 Å². The SMILES string of the molecule is NCC[PH+](c1ccccc1)c1ccccc1.[Cl][Ru+2].[NH-]CC[PH+](c1ccccc1)c1ccccc1. The van der Waals surface area contributed by atoms with Crippen molar-refractivity contribution in [3.05, 3.63) is 127 Å². The molecule has 0 aromatic heterocycles. The third kappa shape index (κ3) is 9.67. The minimum atomic E-state index is -0.738. The molecule has 0 heterocycles. The maximum atomic E-state index is 7.46. The molecule has 4 aromatic carbocycles. The molecule has 6 heteroatoms. The molecule has 4 rings (SSSR count). The molecule has 0 amide bonds. The van der Waals surface area contributed by atoms with Gasteiger partial charge in [0.25, 0.3) is 0 Å². The van der Waals surface area contributed by atoms with E-state index >= 15 is 0 Å². The Kier molecular flexibility index (Phi) is 15.2. The standard InChI is InChI=1S/C14H16NP.C14H15NP.ClH.Ru/c2*15-11-12-16(13-7-3-1-4-8-13)14-9-5-2-6-10-14;;/h1-10H,11-12,15H2;1-10,15H,11-12H2;1H;/q;-1;;+3/p+1. The van der Waals surface area contributed by atoms with Gasteiger partial charge < -0.3 is 11.5 Å². The van der Waals surface area contributed by atoms with Gasteiger partial charge in [-0.3, -0.25) is 0 Å². The first-order valence-corrected chi connectivity index (χ1v) is 16.9. The van der Waals surface area contributed by atoms with E-state index in [1.807, 2.05) is 17.3 Å². The average molecular weight is 596 g/mol. The quantitative estimate of drug-likeness (QED) is 0.215. The van der Waals surface area contributed by atoms with Gasteiger partial charge in [0.1, 0.15) is 0 Å². The number of hydrogen-bond acceptors (Lipinski definition) is 1. The van der Waals surface area contributed by atoms with Crippen LogP contribution in [0.2, 0.25) is 0 Å². The molecule has 177 valence electrons. The van der Waals surface area contributed by atoms with E-state index < -0.39 is 15.8 Å². The van der Waals surface area contributed by atoms with Gasteiger partial charge in [0.2, 0.25) is 0 Å². The molecule has 0 aliphatic rings. The van der Waals surface area contributed by atoms with Gasteiger partial charge in [0, 0.05) is 12.7 Å². The molecule has 0 bridgehead atoms. The van der Waals surface area contributed by atoms with Crippen LogP contribution < -0.4 is 27.0 Å². The van der Waals surface area contributed by atoms with E-state index in [-0.39, 0.29) is 0 Å². The summed E-state index contributed by atoms with van der Waals surface area (Å²) in [5.74, 6) is 0. The predicted molar refractivity (Wildman–Crippen MR) is 155 cm³/mol. The van der Waals surface area contributed by atoms with Gasteiger partial charge in [-0.05, 0) is 48.5 Å². The molecule has 0 unspecified atom stereocenters. The third-order valence-corrected chi connectivity index (χ3v) is 10.9. The second kappa shape index (κ2) is 17.9. The van der Waals surface area contributed by atoms with Crippen LogP contribution in [0.1, 0.15) is 0 Å². The van der Waals surface area contributed by atoms with Crippen LogP contribution >= 0.6 is 25.5 Å². The molecule has 0 saturated heterocycles. The van der Waals surface area contributed by atoms with Crippen LogP contribution in [-0.4, -0.2) is 25.4 Å². The third-order valence-electron chi connectivity index (χ3n) is 5.26. The van der Waals surface area contributed by atoms with Crippen LogP contribution in [0.4, 0.5) is 0 Å². The van der Waals surface area contributed by atoms with Crippen LogP contribution in [0.5, 0.6) is 0 Å². The summed E-state index contributed by atoms with van der Waals surface area (Å²) in [6, 6.07) is 42.7.